The average Bonchev–Trinajstić information content (AvgIpc) is 2.72. The highest BCUT2D eigenvalue weighted by molar-refractivity contribution is 5.91. The third-order valence-electron chi connectivity index (χ3n) is 3.98. The van der Waals surface area contributed by atoms with Gasteiger partial charge < -0.3 is 10.4 Å². The standard InChI is InChI=1S/C17H23N3O3/c1-11(2)14(21)10-15(22)18-16-12(3)19(4)20(17(16)23)13-8-6-5-7-9-13/h5-9,11,14,21H,10H2,1-4H3,(H,18,22). The molecule has 1 atom stereocenters. The van der Waals surface area contributed by atoms with Crippen molar-refractivity contribution >= 4 is 11.6 Å². The van der Waals surface area contributed by atoms with E-state index in [4.69, 9.17) is 0 Å². The van der Waals surface area contributed by atoms with Crippen molar-refractivity contribution in [3.8, 4) is 5.69 Å². The van der Waals surface area contributed by atoms with Gasteiger partial charge >= 0.3 is 0 Å². The van der Waals surface area contributed by atoms with Crippen LogP contribution in [0.25, 0.3) is 5.69 Å². The van der Waals surface area contributed by atoms with Crippen LogP contribution in [0.3, 0.4) is 0 Å². The molecule has 124 valence electrons. The number of rotatable bonds is 5. The first-order chi connectivity index (χ1) is 10.8. The Morgan fingerprint density at radius 2 is 1.87 bits per heavy atom. The lowest BCUT2D eigenvalue weighted by Crippen LogP contribution is -2.26. The van der Waals surface area contributed by atoms with Gasteiger partial charge in [0.15, 0.2) is 0 Å². The maximum absolute atomic E-state index is 12.6. The van der Waals surface area contributed by atoms with Crippen molar-refractivity contribution in [2.75, 3.05) is 5.32 Å². The molecule has 0 radical (unpaired) electrons. The minimum absolute atomic E-state index is 0.0152. The fraction of sp³-hybridized carbons (Fsp3) is 0.412. The normalized spacial score (nSPS) is 12.4. The first kappa shape index (κ1) is 17.0. The average molecular weight is 317 g/mol. The molecule has 1 aromatic carbocycles. The smallest absolute Gasteiger partial charge is 0.295 e. The Hall–Kier alpha value is -2.34. The largest absolute Gasteiger partial charge is 0.392 e. The van der Waals surface area contributed by atoms with Crippen LogP contribution in [0, 0.1) is 12.8 Å². The number of hydrogen-bond acceptors (Lipinski definition) is 3. The van der Waals surface area contributed by atoms with Crippen LogP contribution >= 0.6 is 0 Å². The Bertz CT molecular complexity index is 744. The van der Waals surface area contributed by atoms with Gasteiger partial charge in [-0.1, -0.05) is 32.0 Å². The summed E-state index contributed by atoms with van der Waals surface area (Å²) in [6.45, 7) is 5.46. The number of carbonyl (C=O) groups is 1. The van der Waals surface area contributed by atoms with Gasteiger partial charge in [-0.05, 0) is 25.0 Å². The molecule has 1 heterocycles. The van der Waals surface area contributed by atoms with Gasteiger partial charge in [-0.25, -0.2) is 4.68 Å². The molecule has 23 heavy (non-hydrogen) atoms. The summed E-state index contributed by atoms with van der Waals surface area (Å²) in [5.74, 6) is -0.379. The Morgan fingerprint density at radius 3 is 2.43 bits per heavy atom. The van der Waals surface area contributed by atoms with E-state index in [-0.39, 0.29) is 29.5 Å². The summed E-state index contributed by atoms with van der Waals surface area (Å²) in [5.41, 5.74) is 1.35. The second-order valence-electron chi connectivity index (χ2n) is 6.00. The number of nitrogens with one attached hydrogen (secondary N) is 1. The Balaban J connectivity index is 2.31. The number of aromatic nitrogens is 2. The molecular formula is C17H23N3O3. The number of anilines is 1. The molecule has 0 aliphatic rings. The SMILES string of the molecule is Cc1c(NC(=O)CC(O)C(C)C)c(=O)n(-c2ccccc2)n1C. The third-order valence-corrected chi connectivity index (χ3v) is 3.98. The van der Waals surface area contributed by atoms with E-state index in [1.165, 1.54) is 4.68 Å². The monoisotopic (exact) mass is 317 g/mol. The van der Waals surface area contributed by atoms with E-state index in [0.717, 1.165) is 5.69 Å². The molecule has 2 rings (SSSR count). The molecule has 0 spiro atoms. The van der Waals surface area contributed by atoms with E-state index in [1.807, 2.05) is 44.2 Å². The summed E-state index contributed by atoms with van der Waals surface area (Å²) in [4.78, 5) is 24.7. The predicted molar refractivity (Wildman–Crippen MR) is 89.8 cm³/mol. The van der Waals surface area contributed by atoms with Gasteiger partial charge in [0.2, 0.25) is 5.91 Å². The summed E-state index contributed by atoms with van der Waals surface area (Å²) in [6.07, 6.45) is -0.757. The Morgan fingerprint density at radius 1 is 1.26 bits per heavy atom. The summed E-state index contributed by atoms with van der Waals surface area (Å²) in [7, 11) is 1.77. The van der Waals surface area contributed by atoms with E-state index in [9.17, 15) is 14.7 Å². The first-order valence-electron chi connectivity index (χ1n) is 7.65. The van der Waals surface area contributed by atoms with Gasteiger partial charge in [0.05, 0.1) is 23.9 Å². The molecule has 0 aliphatic carbocycles. The lowest BCUT2D eigenvalue weighted by Gasteiger charge is -2.13. The van der Waals surface area contributed by atoms with Crippen molar-refractivity contribution in [2.24, 2.45) is 13.0 Å². The number of benzene rings is 1. The molecule has 0 saturated heterocycles. The van der Waals surface area contributed by atoms with Crippen LogP contribution in [0.2, 0.25) is 0 Å². The maximum Gasteiger partial charge on any atom is 0.295 e. The molecule has 0 aliphatic heterocycles. The zero-order valence-corrected chi connectivity index (χ0v) is 13.9. The number of aliphatic hydroxyl groups is 1. The molecule has 0 fully saturated rings. The van der Waals surface area contributed by atoms with E-state index >= 15 is 0 Å². The molecule has 6 nitrogen and oxygen atoms in total. The zero-order chi connectivity index (χ0) is 17.1. The molecule has 0 bridgehead atoms. The number of amides is 1. The number of aliphatic hydroxyl groups excluding tert-OH is 1. The molecule has 0 saturated carbocycles. The number of para-hydroxylation sites is 1. The predicted octanol–water partition coefficient (Wildman–Crippen LogP) is 1.83. The number of carbonyl (C=O) groups excluding carboxylic acids is 1. The Labute approximate surface area is 135 Å². The van der Waals surface area contributed by atoms with E-state index in [1.54, 1.807) is 18.7 Å². The molecule has 6 heteroatoms. The summed E-state index contributed by atoms with van der Waals surface area (Å²) in [5, 5.41) is 12.4. The molecule has 1 unspecified atom stereocenters. The van der Waals surface area contributed by atoms with Crippen molar-refractivity contribution < 1.29 is 9.90 Å². The number of nitrogens with zero attached hydrogens (tertiary/aromatic N) is 2. The lowest BCUT2D eigenvalue weighted by atomic mass is 10.0. The highest BCUT2D eigenvalue weighted by atomic mass is 16.3. The highest BCUT2D eigenvalue weighted by Gasteiger charge is 2.20. The van der Waals surface area contributed by atoms with Crippen LogP contribution in [-0.2, 0) is 11.8 Å². The van der Waals surface area contributed by atoms with Crippen molar-refractivity contribution in [3.63, 3.8) is 0 Å². The minimum atomic E-state index is -0.727. The molecule has 2 N–H and O–H groups in total. The topological polar surface area (TPSA) is 76.3 Å². The van der Waals surface area contributed by atoms with Crippen LogP contribution in [0.5, 0.6) is 0 Å². The van der Waals surface area contributed by atoms with Crippen molar-refractivity contribution in [1.29, 1.82) is 0 Å². The minimum Gasteiger partial charge on any atom is -0.392 e. The Kier molecular flexibility index (Phi) is 5.05. The van der Waals surface area contributed by atoms with Crippen LogP contribution < -0.4 is 10.9 Å². The van der Waals surface area contributed by atoms with Gasteiger partial charge in [0.1, 0.15) is 5.69 Å². The van der Waals surface area contributed by atoms with E-state index in [2.05, 4.69) is 5.32 Å². The molecule has 1 amide bonds. The fourth-order valence-corrected chi connectivity index (χ4v) is 2.33. The van der Waals surface area contributed by atoms with E-state index in [0.29, 0.717) is 5.69 Å². The molecule has 1 aromatic heterocycles. The van der Waals surface area contributed by atoms with Crippen LogP contribution in [0.1, 0.15) is 26.0 Å². The zero-order valence-electron chi connectivity index (χ0n) is 13.9. The van der Waals surface area contributed by atoms with Crippen LogP contribution in [0.15, 0.2) is 35.1 Å². The van der Waals surface area contributed by atoms with Crippen molar-refractivity contribution in [3.05, 3.63) is 46.4 Å². The highest BCUT2D eigenvalue weighted by Crippen LogP contribution is 2.15. The van der Waals surface area contributed by atoms with Gasteiger partial charge in [-0.15, -0.1) is 0 Å². The second kappa shape index (κ2) is 6.83. The van der Waals surface area contributed by atoms with E-state index < -0.39 is 6.10 Å². The van der Waals surface area contributed by atoms with Gasteiger partial charge in [0, 0.05) is 7.05 Å². The first-order valence-corrected chi connectivity index (χ1v) is 7.65. The molecule has 2 aromatic rings. The molecular weight excluding hydrogens is 294 g/mol. The summed E-state index contributed by atoms with van der Waals surface area (Å²) < 4.78 is 3.20. The maximum atomic E-state index is 12.6. The summed E-state index contributed by atoms with van der Waals surface area (Å²) >= 11 is 0. The van der Waals surface area contributed by atoms with Crippen LogP contribution in [-0.4, -0.2) is 26.5 Å². The third kappa shape index (κ3) is 3.53. The lowest BCUT2D eigenvalue weighted by molar-refractivity contribution is -0.118. The fourth-order valence-electron chi connectivity index (χ4n) is 2.33. The number of hydrogen-bond donors (Lipinski definition) is 2. The quantitative estimate of drug-likeness (QED) is 0.883. The van der Waals surface area contributed by atoms with Gasteiger partial charge in [-0.3, -0.25) is 14.3 Å². The van der Waals surface area contributed by atoms with Gasteiger partial charge in [0.25, 0.3) is 5.56 Å². The van der Waals surface area contributed by atoms with Crippen molar-refractivity contribution in [1.82, 2.24) is 9.36 Å². The summed E-state index contributed by atoms with van der Waals surface area (Å²) in [6, 6.07) is 9.23. The van der Waals surface area contributed by atoms with Crippen LogP contribution in [0.4, 0.5) is 5.69 Å². The van der Waals surface area contributed by atoms with Crippen molar-refractivity contribution in [2.45, 2.75) is 33.3 Å². The van der Waals surface area contributed by atoms with Gasteiger partial charge in [-0.2, -0.15) is 0 Å². The second-order valence-corrected chi connectivity index (χ2v) is 6.00.